The first-order valence-corrected chi connectivity index (χ1v) is 6.77. The summed E-state index contributed by atoms with van der Waals surface area (Å²) in [4.78, 5) is 13.8. The summed E-state index contributed by atoms with van der Waals surface area (Å²) in [7, 11) is 0. The number of rotatable bonds is 2. The first-order valence-electron chi connectivity index (χ1n) is 5.98. The largest absolute Gasteiger partial charge is 0.338 e. The SMILES string of the molecule is N#C/C(=C\c1ccc(F)c(Br)c1)C(=O)N1CCCC1. The maximum absolute atomic E-state index is 13.1. The van der Waals surface area contributed by atoms with E-state index in [0.717, 1.165) is 12.8 Å². The molecule has 1 aliphatic rings. The Kier molecular flexibility index (Phi) is 4.33. The molecule has 0 atom stereocenters. The number of nitriles is 1. The molecule has 0 spiro atoms. The van der Waals surface area contributed by atoms with Crippen molar-refractivity contribution in [3.05, 3.63) is 39.6 Å². The van der Waals surface area contributed by atoms with Crippen molar-refractivity contribution in [3.8, 4) is 6.07 Å². The molecule has 5 heteroatoms. The number of likely N-dealkylation sites (tertiary alicyclic amines) is 1. The predicted octanol–water partition coefficient (Wildman–Crippen LogP) is 3.12. The van der Waals surface area contributed by atoms with Crippen LogP contribution in [-0.2, 0) is 4.79 Å². The van der Waals surface area contributed by atoms with E-state index in [2.05, 4.69) is 15.9 Å². The number of carbonyl (C=O) groups excluding carboxylic acids is 1. The number of nitrogens with zero attached hydrogens (tertiary/aromatic N) is 2. The lowest BCUT2D eigenvalue weighted by Crippen LogP contribution is -2.28. The molecule has 2 rings (SSSR count). The summed E-state index contributed by atoms with van der Waals surface area (Å²) in [6.07, 6.45) is 3.45. The Morgan fingerprint density at radius 1 is 1.42 bits per heavy atom. The van der Waals surface area contributed by atoms with Crippen molar-refractivity contribution in [1.29, 1.82) is 5.26 Å². The van der Waals surface area contributed by atoms with E-state index in [0.29, 0.717) is 23.1 Å². The minimum Gasteiger partial charge on any atom is -0.338 e. The zero-order chi connectivity index (χ0) is 13.8. The van der Waals surface area contributed by atoms with Gasteiger partial charge >= 0.3 is 0 Å². The number of amides is 1. The van der Waals surface area contributed by atoms with Crippen LogP contribution in [0.25, 0.3) is 6.08 Å². The molecule has 1 fully saturated rings. The molecule has 1 aliphatic heterocycles. The van der Waals surface area contributed by atoms with E-state index in [-0.39, 0.29) is 17.3 Å². The van der Waals surface area contributed by atoms with E-state index >= 15 is 0 Å². The molecule has 3 nitrogen and oxygen atoms in total. The predicted molar refractivity (Wildman–Crippen MR) is 73.5 cm³/mol. The van der Waals surface area contributed by atoms with E-state index in [1.165, 1.54) is 18.2 Å². The molecular weight excluding hydrogens is 311 g/mol. The maximum Gasteiger partial charge on any atom is 0.264 e. The second-order valence-electron chi connectivity index (χ2n) is 4.34. The van der Waals surface area contributed by atoms with Crippen molar-refractivity contribution in [2.24, 2.45) is 0 Å². The third kappa shape index (κ3) is 3.21. The Morgan fingerprint density at radius 2 is 2.11 bits per heavy atom. The molecule has 0 aromatic heterocycles. The molecule has 98 valence electrons. The van der Waals surface area contributed by atoms with Gasteiger partial charge in [0.15, 0.2) is 0 Å². The van der Waals surface area contributed by atoms with Crippen molar-refractivity contribution in [2.75, 3.05) is 13.1 Å². The van der Waals surface area contributed by atoms with Gasteiger partial charge in [0.05, 0.1) is 4.47 Å². The summed E-state index contributed by atoms with van der Waals surface area (Å²) in [5.41, 5.74) is 0.706. The summed E-state index contributed by atoms with van der Waals surface area (Å²) in [5.74, 6) is -0.623. The second kappa shape index (κ2) is 5.98. The van der Waals surface area contributed by atoms with Gasteiger partial charge in [0.25, 0.3) is 5.91 Å². The average molecular weight is 323 g/mol. The number of hydrogen-bond acceptors (Lipinski definition) is 2. The quantitative estimate of drug-likeness (QED) is 0.620. The Morgan fingerprint density at radius 3 is 2.68 bits per heavy atom. The summed E-state index contributed by atoms with van der Waals surface area (Å²) in [6, 6.07) is 6.30. The molecule has 0 radical (unpaired) electrons. The minimum atomic E-state index is -0.374. The van der Waals surface area contributed by atoms with Crippen LogP contribution in [0.3, 0.4) is 0 Å². The van der Waals surface area contributed by atoms with Gasteiger partial charge in [-0.2, -0.15) is 5.26 Å². The minimum absolute atomic E-state index is 0.0837. The van der Waals surface area contributed by atoms with Crippen LogP contribution < -0.4 is 0 Å². The van der Waals surface area contributed by atoms with Crippen LogP contribution in [0.2, 0.25) is 0 Å². The van der Waals surface area contributed by atoms with Crippen LogP contribution >= 0.6 is 15.9 Å². The maximum atomic E-state index is 13.1. The first kappa shape index (κ1) is 13.8. The van der Waals surface area contributed by atoms with Gasteiger partial charge < -0.3 is 4.90 Å². The van der Waals surface area contributed by atoms with Crippen LogP contribution in [0.4, 0.5) is 4.39 Å². The lowest BCUT2D eigenvalue weighted by atomic mass is 10.1. The van der Waals surface area contributed by atoms with Crippen LogP contribution in [-0.4, -0.2) is 23.9 Å². The average Bonchev–Trinajstić information content (AvgIpc) is 2.93. The van der Waals surface area contributed by atoms with E-state index in [9.17, 15) is 9.18 Å². The molecule has 1 amide bonds. The van der Waals surface area contributed by atoms with Gasteiger partial charge in [-0.05, 0) is 52.5 Å². The van der Waals surface area contributed by atoms with E-state index in [4.69, 9.17) is 5.26 Å². The first-order chi connectivity index (χ1) is 9.11. The molecule has 1 aromatic rings. The van der Waals surface area contributed by atoms with Gasteiger partial charge in [0.2, 0.25) is 0 Å². The summed E-state index contributed by atoms with van der Waals surface area (Å²) in [5, 5.41) is 9.09. The zero-order valence-corrected chi connectivity index (χ0v) is 11.8. The van der Waals surface area contributed by atoms with Crippen LogP contribution in [0.1, 0.15) is 18.4 Å². The fourth-order valence-corrected chi connectivity index (χ4v) is 2.40. The molecule has 0 N–H and O–H groups in total. The summed E-state index contributed by atoms with van der Waals surface area (Å²) >= 11 is 3.08. The molecular formula is C14H12BrFN2O. The molecule has 1 aromatic carbocycles. The van der Waals surface area contributed by atoms with Gasteiger partial charge in [-0.1, -0.05) is 6.07 Å². The second-order valence-corrected chi connectivity index (χ2v) is 5.20. The Bertz CT molecular complexity index is 571. The number of hydrogen-bond donors (Lipinski definition) is 0. The van der Waals surface area contributed by atoms with Gasteiger partial charge in [-0.15, -0.1) is 0 Å². The molecule has 1 saturated heterocycles. The topological polar surface area (TPSA) is 44.1 Å². The highest BCUT2D eigenvalue weighted by Crippen LogP contribution is 2.19. The van der Waals surface area contributed by atoms with Gasteiger partial charge in [0.1, 0.15) is 17.5 Å². The van der Waals surface area contributed by atoms with E-state index in [1.807, 2.05) is 6.07 Å². The standard InChI is InChI=1S/C14H12BrFN2O/c15-12-8-10(3-4-13(12)16)7-11(9-17)14(19)18-5-1-2-6-18/h3-4,7-8H,1-2,5-6H2/b11-7+. The van der Waals surface area contributed by atoms with E-state index in [1.54, 1.807) is 11.0 Å². The van der Waals surface area contributed by atoms with Crippen molar-refractivity contribution < 1.29 is 9.18 Å². The van der Waals surface area contributed by atoms with Crippen molar-refractivity contribution >= 4 is 27.9 Å². The summed E-state index contributed by atoms with van der Waals surface area (Å²) in [6.45, 7) is 1.40. The Hall–Kier alpha value is -1.67. The lowest BCUT2D eigenvalue weighted by molar-refractivity contribution is -0.125. The highest BCUT2D eigenvalue weighted by atomic mass is 79.9. The van der Waals surface area contributed by atoms with Crippen molar-refractivity contribution in [2.45, 2.75) is 12.8 Å². The molecule has 19 heavy (non-hydrogen) atoms. The molecule has 0 aliphatic carbocycles. The number of halogens is 2. The number of carbonyl (C=O) groups is 1. The third-order valence-corrected chi connectivity index (χ3v) is 3.61. The Balaban J connectivity index is 2.25. The Labute approximate surface area is 119 Å². The highest BCUT2D eigenvalue weighted by Gasteiger charge is 2.21. The zero-order valence-electron chi connectivity index (χ0n) is 10.2. The molecule has 0 bridgehead atoms. The van der Waals surface area contributed by atoms with Gasteiger partial charge in [-0.3, -0.25) is 4.79 Å². The molecule has 0 saturated carbocycles. The van der Waals surface area contributed by atoms with Crippen molar-refractivity contribution in [1.82, 2.24) is 4.90 Å². The van der Waals surface area contributed by atoms with Crippen molar-refractivity contribution in [3.63, 3.8) is 0 Å². The smallest absolute Gasteiger partial charge is 0.264 e. The summed E-state index contributed by atoms with van der Waals surface area (Å²) < 4.78 is 13.4. The lowest BCUT2D eigenvalue weighted by Gasteiger charge is -2.14. The molecule has 0 unspecified atom stereocenters. The van der Waals surface area contributed by atoms with Gasteiger partial charge in [-0.25, -0.2) is 4.39 Å². The van der Waals surface area contributed by atoms with Crippen LogP contribution in [0.5, 0.6) is 0 Å². The molecule has 1 heterocycles. The third-order valence-electron chi connectivity index (χ3n) is 3.00. The normalized spacial score (nSPS) is 15.4. The highest BCUT2D eigenvalue weighted by molar-refractivity contribution is 9.10. The van der Waals surface area contributed by atoms with Gasteiger partial charge in [0, 0.05) is 13.1 Å². The fourth-order valence-electron chi connectivity index (χ4n) is 2.00. The van der Waals surface area contributed by atoms with Crippen LogP contribution in [0, 0.1) is 17.1 Å². The number of benzene rings is 1. The van der Waals surface area contributed by atoms with E-state index < -0.39 is 0 Å². The monoisotopic (exact) mass is 322 g/mol. The fraction of sp³-hybridized carbons (Fsp3) is 0.286. The van der Waals surface area contributed by atoms with Crippen LogP contribution in [0.15, 0.2) is 28.2 Å².